The molecule has 1 aromatic rings. The van der Waals surface area contributed by atoms with E-state index in [1.165, 1.54) is 5.56 Å². The number of amides is 2. The fourth-order valence-electron chi connectivity index (χ4n) is 3.01. The highest BCUT2D eigenvalue weighted by Crippen LogP contribution is 2.18. The van der Waals surface area contributed by atoms with Crippen molar-refractivity contribution in [3.8, 4) is 0 Å². The normalized spacial score (nSPS) is 16.7. The molecule has 132 valence electrons. The van der Waals surface area contributed by atoms with Gasteiger partial charge in [-0.05, 0) is 38.2 Å². The average molecular weight is 331 g/mol. The van der Waals surface area contributed by atoms with Crippen molar-refractivity contribution in [3.05, 3.63) is 35.9 Å². The van der Waals surface area contributed by atoms with Gasteiger partial charge >= 0.3 is 0 Å². The minimum atomic E-state index is 0.0243. The van der Waals surface area contributed by atoms with Gasteiger partial charge in [-0.1, -0.05) is 30.3 Å². The first kappa shape index (κ1) is 18.5. The van der Waals surface area contributed by atoms with E-state index in [-0.39, 0.29) is 23.8 Å². The Morgan fingerprint density at radius 1 is 1.25 bits per heavy atom. The van der Waals surface area contributed by atoms with Gasteiger partial charge < -0.3 is 16.0 Å². The van der Waals surface area contributed by atoms with Gasteiger partial charge in [0.05, 0.1) is 0 Å². The molecule has 1 atom stereocenters. The van der Waals surface area contributed by atoms with Crippen LogP contribution in [0.5, 0.6) is 0 Å². The third-order valence-corrected chi connectivity index (χ3v) is 4.59. The van der Waals surface area contributed by atoms with Crippen LogP contribution >= 0.6 is 0 Å². The molecule has 0 aliphatic carbocycles. The molecule has 1 aromatic carbocycles. The van der Waals surface area contributed by atoms with Crippen LogP contribution in [0.25, 0.3) is 0 Å². The van der Waals surface area contributed by atoms with Crippen molar-refractivity contribution in [2.45, 2.75) is 45.1 Å². The lowest BCUT2D eigenvalue weighted by atomic mass is 9.95. The molecule has 1 saturated heterocycles. The van der Waals surface area contributed by atoms with Crippen LogP contribution in [-0.4, -0.2) is 42.4 Å². The number of nitrogens with zero attached hydrogens (tertiary/aromatic N) is 1. The van der Waals surface area contributed by atoms with Crippen LogP contribution in [0.3, 0.4) is 0 Å². The average Bonchev–Trinajstić information content (AvgIpc) is 2.60. The SMILES string of the molecule is CC(N)CCNC(=O)C1CCN(C(=O)CCc2ccccc2)CC1. The zero-order valence-electron chi connectivity index (χ0n) is 14.5. The predicted molar refractivity (Wildman–Crippen MR) is 95.3 cm³/mol. The summed E-state index contributed by atoms with van der Waals surface area (Å²) >= 11 is 0. The summed E-state index contributed by atoms with van der Waals surface area (Å²) in [6.45, 7) is 3.93. The third kappa shape index (κ3) is 5.96. The van der Waals surface area contributed by atoms with E-state index in [0.717, 1.165) is 25.7 Å². The van der Waals surface area contributed by atoms with Crippen molar-refractivity contribution in [2.24, 2.45) is 11.7 Å². The summed E-state index contributed by atoms with van der Waals surface area (Å²) in [6.07, 6.45) is 3.61. The fraction of sp³-hybridized carbons (Fsp3) is 0.579. The Kier molecular flexibility index (Phi) is 7.25. The van der Waals surface area contributed by atoms with Gasteiger partial charge in [-0.15, -0.1) is 0 Å². The lowest BCUT2D eigenvalue weighted by molar-refractivity contribution is -0.135. The van der Waals surface area contributed by atoms with Crippen LogP contribution in [0.15, 0.2) is 30.3 Å². The zero-order chi connectivity index (χ0) is 17.4. The van der Waals surface area contributed by atoms with E-state index in [1.807, 2.05) is 42.2 Å². The minimum absolute atomic E-state index is 0.0243. The molecule has 1 aliphatic rings. The molecule has 1 aliphatic heterocycles. The number of carbonyl (C=O) groups is 2. The van der Waals surface area contributed by atoms with E-state index in [4.69, 9.17) is 5.73 Å². The van der Waals surface area contributed by atoms with Crippen LogP contribution in [0.4, 0.5) is 0 Å². The smallest absolute Gasteiger partial charge is 0.223 e. The standard InChI is InChI=1S/C19H29N3O2/c1-15(20)9-12-21-19(24)17-10-13-22(14-11-17)18(23)8-7-16-5-3-2-4-6-16/h2-6,15,17H,7-14,20H2,1H3,(H,21,24). The van der Waals surface area contributed by atoms with Crippen molar-refractivity contribution >= 4 is 11.8 Å². The molecular weight excluding hydrogens is 302 g/mol. The lowest BCUT2D eigenvalue weighted by Crippen LogP contribution is -2.43. The van der Waals surface area contributed by atoms with Gasteiger partial charge in [-0.2, -0.15) is 0 Å². The molecule has 0 bridgehead atoms. The van der Waals surface area contributed by atoms with Crippen LogP contribution in [0.1, 0.15) is 38.2 Å². The summed E-state index contributed by atoms with van der Waals surface area (Å²) in [5.74, 6) is 0.318. The Morgan fingerprint density at radius 2 is 1.92 bits per heavy atom. The number of likely N-dealkylation sites (tertiary alicyclic amines) is 1. The van der Waals surface area contributed by atoms with E-state index in [2.05, 4.69) is 5.32 Å². The Bertz CT molecular complexity index is 523. The van der Waals surface area contributed by atoms with Crippen LogP contribution in [-0.2, 0) is 16.0 Å². The molecule has 0 spiro atoms. The van der Waals surface area contributed by atoms with E-state index >= 15 is 0 Å². The molecule has 1 heterocycles. The molecule has 2 rings (SSSR count). The number of rotatable bonds is 7. The van der Waals surface area contributed by atoms with E-state index in [1.54, 1.807) is 0 Å². The summed E-state index contributed by atoms with van der Waals surface area (Å²) in [4.78, 5) is 26.3. The van der Waals surface area contributed by atoms with Crippen LogP contribution in [0, 0.1) is 5.92 Å². The largest absolute Gasteiger partial charge is 0.356 e. The first-order chi connectivity index (χ1) is 11.6. The van der Waals surface area contributed by atoms with Crippen molar-refractivity contribution < 1.29 is 9.59 Å². The Morgan fingerprint density at radius 3 is 2.54 bits per heavy atom. The number of benzene rings is 1. The number of piperidine rings is 1. The highest BCUT2D eigenvalue weighted by molar-refractivity contribution is 5.80. The number of hydrogen-bond acceptors (Lipinski definition) is 3. The Hall–Kier alpha value is -1.88. The van der Waals surface area contributed by atoms with Crippen molar-refractivity contribution in [3.63, 3.8) is 0 Å². The predicted octanol–water partition coefficient (Wildman–Crippen LogP) is 1.71. The molecule has 5 nitrogen and oxygen atoms in total. The maximum Gasteiger partial charge on any atom is 0.223 e. The van der Waals surface area contributed by atoms with Gasteiger partial charge in [0.2, 0.25) is 11.8 Å². The lowest BCUT2D eigenvalue weighted by Gasteiger charge is -2.31. The molecule has 5 heteroatoms. The van der Waals surface area contributed by atoms with Gasteiger partial charge in [0.1, 0.15) is 0 Å². The summed E-state index contributed by atoms with van der Waals surface area (Å²) in [7, 11) is 0. The highest BCUT2D eigenvalue weighted by Gasteiger charge is 2.26. The van der Waals surface area contributed by atoms with E-state index < -0.39 is 0 Å². The molecule has 0 aromatic heterocycles. The maximum atomic E-state index is 12.3. The molecule has 3 N–H and O–H groups in total. The first-order valence-electron chi connectivity index (χ1n) is 8.91. The van der Waals surface area contributed by atoms with Gasteiger partial charge in [0.25, 0.3) is 0 Å². The number of hydrogen-bond donors (Lipinski definition) is 2. The Balaban J connectivity index is 1.68. The van der Waals surface area contributed by atoms with Gasteiger partial charge in [0.15, 0.2) is 0 Å². The molecular formula is C19H29N3O2. The Labute approximate surface area is 144 Å². The van der Waals surface area contributed by atoms with Gasteiger partial charge in [0, 0.05) is 38.0 Å². The molecule has 1 fully saturated rings. The second kappa shape index (κ2) is 9.42. The monoisotopic (exact) mass is 331 g/mol. The molecule has 0 saturated carbocycles. The number of aryl methyl sites for hydroxylation is 1. The van der Waals surface area contributed by atoms with Gasteiger partial charge in [-0.25, -0.2) is 0 Å². The maximum absolute atomic E-state index is 12.3. The van der Waals surface area contributed by atoms with Crippen molar-refractivity contribution in [1.82, 2.24) is 10.2 Å². The van der Waals surface area contributed by atoms with Crippen molar-refractivity contribution in [1.29, 1.82) is 0 Å². The van der Waals surface area contributed by atoms with Crippen LogP contribution in [0.2, 0.25) is 0 Å². The minimum Gasteiger partial charge on any atom is -0.356 e. The topological polar surface area (TPSA) is 75.4 Å². The van der Waals surface area contributed by atoms with Crippen LogP contribution < -0.4 is 11.1 Å². The summed E-state index contributed by atoms with van der Waals surface area (Å²) < 4.78 is 0. The van der Waals surface area contributed by atoms with E-state index in [9.17, 15) is 9.59 Å². The highest BCUT2D eigenvalue weighted by atomic mass is 16.2. The number of nitrogens with two attached hydrogens (primary N) is 1. The summed E-state index contributed by atoms with van der Waals surface area (Å²) in [5, 5.41) is 2.95. The van der Waals surface area contributed by atoms with Gasteiger partial charge in [-0.3, -0.25) is 9.59 Å². The quantitative estimate of drug-likeness (QED) is 0.799. The summed E-state index contributed by atoms with van der Waals surface area (Å²) in [5.41, 5.74) is 6.87. The number of nitrogens with one attached hydrogen (secondary N) is 1. The van der Waals surface area contributed by atoms with Crippen molar-refractivity contribution in [2.75, 3.05) is 19.6 Å². The second-order valence-corrected chi connectivity index (χ2v) is 6.70. The zero-order valence-corrected chi connectivity index (χ0v) is 14.5. The molecule has 0 radical (unpaired) electrons. The third-order valence-electron chi connectivity index (χ3n) is 4.59. The number of carbonyl (C=O) groups excluding carboxylic acids is 2. The molecule has 2 amide bonds. The second-order valence-electron chi connectivity index (χ2n) is 6.70. The first-order valence-corrected chi connectivity index (χ1v) is 8.91. The van der Waals surface area contributed by atoms with E-state index in [0.29, 0.717) is 26.1 Å². The molecule has 1 unspecified atom stereocenters. The molecule has 24 heavy (non-hydrogen) atoms. The fourth-order valence-corrected chi connectivity index (χ4v) is 3.01. The summed E-state index contributed by atoms with van der Waals surface area (Å²) in [6, 6.07) is 10.2.